The van der Waals surface area contributed by atoms with Gasteiger partial charge in [0.15, 0.2) is 9.31 Å². The zero-order valence-electron chi connectivity index (χ0n) is 20.1. The number of anilines is 1. The minimum Gasteiger partial charge on any atom is -0.492 e. The number of nitrogens with zero attached hydrogens (tertiary/aromatic N) is 6. The van der Waals surface area contributed by atoms with E-state index in [0.717, 1.165) is 22.8 Å². The fourth-order valence-corrected chi connectivity index (χ4v) is 4.49. The van der Waals surface area contributed by atoms with E-state index >= 15 is 0 Å². The van der Waals surface area contributed by atoms with Crippen molar-refractivity contribution in [2.24, 2.45) is 0 Å². The highest BCUT2D eigenvalue weighted by molar-refractivity contribution is 8.26. The van der Waals surface area contributed by atoms with Crippen LogP contribution in [0.3, 0.4) is 0 Å². The Hall–Kier alpha value is -4.42. The fraction of sp³-hybridized carbons (Fsp3) is 0.190. The van der Waals surface area contributed by atoms with Gasteiger partial charge in [-0.2, -0.15) is 9.69 Å². The van der Waals surface area contributed by atoms with Gasteiger partial charge in [0.2, 0.25) is 0 Å². The predicted octanol–water partition coefficient (Wildman–Crippen LogP) is 2.63. The third kappa shape index (κ3) is 6.19. The Morgan fingerprint density at radius 1 is 1.26 bits per heavy atom. The number of carbonyl (C=O) groups excluding carboxylic acids is 2. The number of hydrazine groups is 1. The largest absolute Gasteiger partial charge is 0.492 e. The van der Waals surface area contributed by atoms with Crippen LogP contribution in [0.15, 0.2) is 39.9 Å². The van der Waals surface area contributed by atoms with Gasteiger partial charge in [0, 0.05) is 18.2 Å². The van der Waals surface area contributed by atoms with E-state index in [2.05, 4.69) is 26.3 Å². The molecule has 1 aromatic carbocycles. The summed E-state index contributed by atoms with van der Waals surface area (Å²) in [7, 11) is 0. The van der Waals surface area contributed by atoms with Gasteiger partial charge in [-0.05, 0) is 42.6 Å². The summed E-state index contributed by atoms with van der Waals surface area (Å²) in [6.07, 6.45) is 2.68. The molecule has 0 unspecified atom stereocenters. The third-order valence-corrected chi connectivity index (χ3v) is 6.36. The summed E-state index contributed by atoms with van der Waals surface area (Å²) in [5.41, 5.74) is 3.25. The second-order valence-corrected chi connectivity index (χ2v) is 9.37. The van der Waals surface area contributed by atoms with Crippen LogP contribution in [0.2, 0.25) is 0 Å². The van der Waals surface area contributed by atoms with E-state index < -0.39 is 22.6 Å². The van der Waals surface area contributed by atoms with Crippen LogP contribution in [0, 0.1) is 10.1 Å². The minimum absolute atomic E-state index is 0.0573. The number of rotatable bonds is 9. The number of amides is 2. The molecule has 18 heteroatoms. The molecule has 202 valence electrons. The molecule has 1 fully saturated rings. The van der Waals surface area contributed by atoms with Gasteiger partial charge in [0.25, 0.3) is 11.8 Å². The topological polar surface area (TPSA) is 180 Å². The highest BCUT2D eigenvalue weighted by atomic mass is 32.2. The summed E-state index contributed by atoms with van der Waals surface area (Å²) in [5.74, 6) is -1.12. The first kappa shape index (κ1) is 27.6. The van der Waals surface area contributed by atoms with Crippen LogP contribution in [0.5, 0.6) is 11.5 Å². The van der Waals surface area contributed by atoms with Gasteiger partial charge < -0.3 is 19.2 Å². The lowest BCUT2D eigenvalue weighted by molar-refractivity contribution is -0.402. The number of hydrogen-bond acceptors (Lipinski definition) is 13. The highest BCUT2D eigenvalue weighted by Crippen LogP contribution is 2.36. The number of carbonyl (C=O) groups is 2. The van der Waals surface area contributed by atoms with Gasteiger partial charge in [-0.3, -0.25) is 25.1 Å². The molecule has 0 atom stereocenters. The number of furan rings is 1. The minimum atomic E-state index is -0.761. The molecular formula is C21H18N8O7S3. The summed E-state index contributed by atoms with van der Waals surface area (Å²) < 4.78 is 17.9. The molecule has 1 aliphatic heterocycles. The van der Waals surface area contributed by atoms with Crippen LogP contribution in [-0.4, -0.2) is 64.5 Å². The number of thiocarbonyl (C=S) groups is 2. The van der Waals surface area contributed by atoms with Crippen molar-refractivity contribution >= 4 is 75.0 Å². The molecular weight excluding hydrogens is 572 g/mol. The van der Waals surface area contributed by atoms with Crippen molar-refractivity contribution < 1.29 is 28.4 Å². The number of hydrogen-bond donors (Lipinski definition) is 2. The number of thioether (sulfide) groups is 1. The molecule has 3 heterocycles. The lowest BCUT2D eigenvalue weighted by atomic mass is 10.2. The maximum atomic E-state index is 13.0. The Morgan fingerprint density at radius 2 is 2.00 bits per heavy atom. The monoisotopic (exact) mass is 590 g/mol. The molecule has 1 aliphatic rings. The SMILES string of the molecule is CCOc1cc(-n2cnnn2)c(OCC)cc1NC(=O)C(=S)NN1C(=O)/C(=C\c2ccc([N+](=O)[O-])o2)SC1=S. The zero-order valence-corrected chi connectivity index (χ0v) is 22.6. The lowest BCUT2D eigenvalue weighted by Crippen LogP contribution is -2.48. The van der Waals surface area contributed by atoms with E-state index in [1.54, 1.807) is 19.9 Å². The molecule has 39 heavy (non-hydrogen) atoms. The Bertz CT molecular complexity index is 1490. The van der Waals surface area contributed by atoms with Gasteiger partial charge in [-0.15, -0.1) is 5.10 Å². The van der Waals surface area contributed by atoms with Crippen molar-refractivity contribution in [3.63, 3.8) is 0 Å². The van der Waals surface area contributed by atoms with Crippen LogP contribution in [0.25, 0.3) is 11.8 Å². The van der Waals surface area contributed by atoms with E-state index in [4.69, 9.17) is 38.3 Å². The van der Waals surface area contributed by atoms with Gasteiger partial charge >= 0.3 is 5.88 Å². The average Bonchev–Trinajstić information content (AvgIpc) is 3.65. The van der Waals surface area contributed by atoms with Gasteiger partial charge in [0.1, 0.15) is 34.2 Å². The Kier molecular flexibility index (Phi) is 8.47. The standard InChI is InChI=1S/C21H18N8O7S3/c1-3-34-14-9-13(27-10-22-25-26-27)15(35-4-2)8-12(14)23-18(30)19(37)24-28-20(31)16(39-21(28)38)7-11-5-6-17(36-11)29(32)33/h5-10H,3-4H2,1-2H3,(H,23,30)(H,24,37)/b16-7+. The molecule has 2 N–H and O–H groups in total. The molecule has 0 aliphatic carbocycles. The van der Waals surface area contributed by atoms with Crippen molar-refractivity contribution in [2.45, 2.75) is 13.8 Å². The first-order chi connectivity index (χ1) is 18.7. The second kappa shape index (κ2) is 12.0. The van der Waals surface area contributed by atoms with Crippen molar-refractivity contribution in [3.8, 4) is 17.2 Å². The van der Waals surface area contributed by atoms with E-state index in [1.165, 1.54) is 29.2 Å². The summed E-state index contributed by atoms with van der Waals surface area (Å²) in [6.45, 7) is 4.18. The van der Waals surface area contributed by atoms with E-state index in [9.17, 15) is 19.7 Å². The van der Waals surface area contributed by atoms with Crippen LogP contribution in [0.1, 0.15) is 19.6 Å². The van der Waals surface area contributed by atoms with Gasteiger partial charge in [0.05, 0.1) is 29.9 Å². The first-order valence-corrected chi connectivity index (χ1v) is 12.7. The number of nitrogens with one attached hydrogen (secondary N) is 2. The molecule has 2 aromatic heterocycles. The molecule has 1 saturated heterocycles. The predicted molar refractivity (Wildman–Crippen MR) is 146 cm³/mol. The lowest BCUT2D eigenvalue weighted by Gasteiger charge is -2.19. The smallest absolute Gasteiger partial charge is 0.433 e. The number of ether oxygens (including phenoxy) is 2. The summed E-state index contributed by atoms with van der Waals surface area (Å²) >= 11 is 11.3. The number of nitro groups is 1. The normalized spacial score (nSPS) is 14.0. The van der Waals surface area contributed by atoms with E-state index in [1.807, 2.05) is 0 Å². The van der Waals surface area contributed by atoms with E-state index in [0.29, 0.717) is 23.8 Å². The van der Waals surface area contributed by atoms with Crippen LogP contribution in [0.4, 0.5) is 11.6 Å². The quantitative estimate of drug-likeness (QED) is 0.161. The van der Waals surface area contributed by atoms with Crippen LogP contribution in [-0.2, 0) is 9.59 Å². The molecule has 4 rings (SSSR count). The number of tetrazole rings is 1. The third-order valence-electron chi connectivity index (χ3n) is 4.78. The molecule has 0 bridgehead atoms. The average molecular weight is 591 g/mol. The van der Waals surface area contributed by atoms with E-state index in [-0.39, 0.29) is 32.3 Å². The highest BCUT2D eigenvalue weighted by Gasteiger charge is 2.34. The summed E-state index contributed by atoms with van der Waals surface area (Å²) in [6, 6.07) is 5.64. The zero-order chi connectivity index (χ0) is 28.1. The van der Waals surface area contributed by atoms with Crippen molar-refractivity contribution in [1.29, 1.82) is 0 Å². The van der Waals surface area contributed by atoms with Crippen LogP contribution < -0.4 is 20.2 Å². The van der Waals surface area contributed by atoms with Crippen molar-refractivity contribution in [2.75, 3.05) is 18.5 Å². The van der Waals surface area contributed by atoms with Crippen LogP contribution >= 0.6 is 36.2 Å². The Balaban J connectivity index is 1.50. The summed E-state index contributed by atoms with van der Waals surface area (Å²) in [5, 5.41) is 25.5. The molecule has 0 radical (unpaired) electrons. The molecule has 3 aromatic rings. The molecule has 0 spiro atoms. The number of benzene rings is 1. The second-order valence-electron chi connectivity index (χ2n) is 7.28. The number of aromatic nitrogens is 4. The van der Waals surface area contributed by atoms with Gasteiger partial charge in [-0.25, -0.2) is 0 Å². The molecule has 15 nitrogen and oxygen atoms in total. The molecule has 0 saturated carbocycles. The Labute approximate surface area is 234 Å². The maximum Gasteiger partial charge on any atom is 0.433 e. The van der Waals surface area contributed by atoms with Crippen molar-refractivity contribution in [3.05, 3.63) is 51.4 Å². The Morgan fingerprint density at radius 3 is 2.64 bits per heavy atom. The maximum absolute atomic E-state index is 13.0. The van der Waals surface area contributed by atoms with Gasteiger partial charge in [-0.1, -0.05) is 24.0 Å². The summed E-state index contributed by atoms with van der Waals surface area (Å²) in [4.78, 5) is 35.7. The fourth-order valence-electron chi connectivity index (χ4n) is 3.19. The van der Waals surface area contributed by atoms with Crippen molar-refractivity contribution in [1.82, 2.24) is 30.6 Å². The molecule has 2 amide bonds. The first-order valence-electron chi connectivity index (χ1n) is 11.0.